The highest BCUT2D eigenvalue weighted by Crippen LogP contribution is 2.41. The molecule has 0 saturated heterocycles. The number of sulfonamides is 1. The molecule has 1 aromatic carbocycles. The van der Waals surface area contributed by atoms with Crippen molar-refractivity contribution in [3.63, 3.8) is 0 Å². The van der Waals surface area contributed by atoms with Crippen molar-refractivity contribution in [2.24, 2.45) is 7.05 Å². The lowest BCUT2D eigenvalue weighted by molar-refractivity contribution is -0.116. The molecule has 0 saturated carbocycles. The molecule has 11 heteroatoms. The van der Waals surface area contributed by atoms with Crippen LogP contribution in [0.15, 0.2) is 52.0 Å². The molecule has 4 rings (SSSR count). The second kappa shape index (κ2) is 7.67. The maximum Gasteiger partial charge on any atom is 0.256 e. The summed E-state index contributed by atoms with van der Waals surface area (Å²) < 4.78 is 32.5. The summed E-state index contributed by atoms with van der Waals surface area (Å²) in [4.78, 5) is 25.1. The van der Waals surface area contributed by atoms with E-state index in [0.717, 1.165) is 4.31 Å². The second-order valence-electron chi connectivity index (χ2n) is 7.32. The van der Waals surface area contributed by atoms with Gasteiger partial charge in [-0.1, -0.05) is 0 Å². The minimum Gasteiger partial charge on any atom is -0.469 e. The number of fused-ring (bicyclic) bond motifs is 1. The van der Waals surface area contributed by atoms with E-state index in [-0.39, 0.29) is 22.8 Å². The number of furan rings is 1. The number of hydrogen-bond acceptors (Lipinski definition) is 6. The van der Waals surface area contributed by atoms with E-state index in [1.54, 1.807) is 19.2 Å². The average Bonchev–Trinajstić information content (AvgIpc) is 3.36. The predicted octanol–water partition coefficient (Wildman–Crippen LogP) is 1.99. The van der Waals surface area contributed by atoms with E-state index in [2.05, 4.69) is 15.7 Å². The highest BCUT2D eigenvalue weighted by molar-refractivity contribution is 7.89. The Morgan fingerprint density at radius 1 is 1.26 bits per heavy atom. The Morgan fingerprint density at radius 2 is 1.97 bits per heavy atom. The van der Waals surface area contributed by atoms with Crippen LogP contribution in [0.1, 0.15) is 34.0 Å². The number of carbonyl (C=O) groups is 2. The van der Waals surface area contributed by atoms with Crippen LogP contribution >= 0.6 is 0 Å². The molecule has 0 unspecified atom stereocenters. The molecule has 2 aromatic heterocycles. The molecule has 31 heavy (non-hydrogen) atoms. The highest BCUT2D eigenvalue weighted by Gasteiger charge is 2.35. The van der Waals surface area contributed by atoms with Crippen LogP contribution in [-0.4, -0.2) is 48.4 Å². The molecule has 3 aromatic rings. The van der Waals surface area contributed by atoms with Crippen molar-refractivity contribution < 1.29 is 22.4 Å². The van der Waals surface area contributed by atoms with Crippen LogP contribution in [0.3, 0.4) is 0 Å². The third-order valence-corrected chi connectivity index (χ3v) is 6.92. The van der Waals surface area contributed by atoms with E-state index in [9.17, 15) is 18.0 Å². The molecule has 1 aliphatic heterocycles. The van der Waals surface area contributed by atoms with E-state index in [1.807, 2.05) is 0 Å². The smallest absolute Gasteiger partial charge is 0.256 e. The Morgan fingerprint density at radius 3 is 2.58 bits per heavy atom. The molecular formula is C20H21N5O5S. The van der Waals surface area contributed by atoms with E-state index >= 15 is 0 Å². The van der Waals surface area contributed by atoms with Gasteiger partial charge in [0, 0.05) is 33.1 Å². The molecule has 2 amide bonds. The minimum absolute atomic E-state index is 0.0878. The number of anilines is 2. The first kappa shape index (κ1) is 20.8. The molecule has 3 heterocycles. The Labute approximate surface area is 178 Å². The van der Waals surface area contributed by atoms with Crippen LogP contribution in [-0.2, 0) is 21.9 Å². The first-order valence-corrected chi connectivity index (χ1v) is 10.9. The SMILES string of the molecule is CN(C)S(=O)(=O)c1ccc(C(=O)Nc2nn(C)c3c2[C@@H](c2ccco2)CC(=O)N3)cc1. The zero-order chi connectivity index (χ0) is 22.3. The Hall–Kier alpha value is -3.44. The first-order chi connectivity index (χ1) is 14.7. The summed E-state index contributed by atoms with van der Waals surface area (Å²) in [6.45, 7) is 0. The highest BCUT2D eigenvalue weighted by atomic mass is 32.2. The molecule has 0 fully saturated rings. The fourth-order valence-corrected chi connectivity index (χ4v) is 4.38. The number of amides is 2. The van der Waals surface area contributed by atoms with Gasteiger partial charge in [-0.05, 0) is 36.4 Å². The van der Waals surface area contributed by atoms with Crippen molar-refractivity contribution in [2.75, 3.05) is 24.7 Å². The van der Waals surface area contributed by atoms with Crippen molar-refractivity contribution in [1.29, 1.82) is 0 Å². The van der Waals surface area contributed by atoms with Gasteiger partial charge in [-0.3, -0.25) is 14.3 Å². The number of carbonyl (C=O) groups excluding carboxylic acids is 2. The number of rotatable bonds is 5. The Balaban J connectivity index is 1.64. The van der Waals surface area contributed by atoms with Gasteiger partial charge < -0.3 is 15.1 Å². The largest absolute Gasteiger partial charge is 0.469 e. The molecule has 0 radical (unpaired) electrons. The lowest BCUT2D eigenvalue weighted by Crippen LogP contribution is -2.25. The summed E-state index contributed by atoms with van der Waals surface area (Å²) in [6, 6.07) is 9.14. The van der Waals surface area contributed by atoms with Crippen LogP contribution in [0.5, 0.6) is 0 Å². The zero-order valence-electron chi connectivity index (χ0n) is 17.1. The van der Waals surface area contributed by atoms with E-state index < -0.39 is 21.8 Å². The predicted molar refractivity (Wildman–Crippen MR) is 112 cm³/mol. The minimum atomic E-state index is -3.59. The van der Waals surface area contributed by atoms with Gasteiger partial charge in [0.15, 0.2) is 5.82 Å². The average molecular weight is 443 g/mol. The van der Waals surface area contributed by atoms with Crippen molar-refractivity contribution in [1.82, 2.24) is 14.1 Å². The van der Waals surface area contributed by atoms with Gasteiger partial charge >= 0.3 is 0 Å². The molecule has 0 bridgehead atoms. The molecule has 2 N–H and O–H groups in total. The van der Waals surface area contributed by atoms with E-state index in [1.165, 1.54) is 49.3 Å². The molecule has 1 atom stereocenters. The van der Waals surface area contributed by atoms with Crippen LogP contribution in [0.4, 0.5) is 11.6 Å². The molecule has 1 aliphatic rings. The fraction of sp³-hybridized carbons (Fsp3) is 0.250. The molecular weight excluding hydrogens is 422 g/mol. The third kappa shape index (κ3) is 3.73. The number of nitrogens with zero attached hydrogens (tertiary/aromatic N) is 3. The van der Waals surface area contributed by atoms with Crippen molar-refractivity contribution in [3.8, 4) is 0 Å². The number of benzene rings is 1. The van der Waals surface area contributed by atoms with Crippen molar-refractivity contribution >= 4 is 33.5 Å². The Bertz CT molecular complexity index is 1240. The molecule has 0 aliphatic carbocycles. The van der Waals surface area contributed by atoms with Gasteiger partial charge in [0.25, 0.3) is 5.91 Å². The van der Waals surface area contributed by atoms with E-state index in [4.69, 9.17) is 4.42 Å². The normalized spacial score (nSPS) is 16.1. The summed E-state index contributed by atoms with van der Waals surface area (Å²) >= 11 is 0. The van der Waals surface area contributed by atoms with Gasteiger partial charge in [-0.25, -0.2) is 12.7 Å². The lowest BCUT2D eigenvalue weighted by Gasteiger charge is -2.22. The summed E-state index contributed by atoms with van der Waals surface area (Å²) in [5.74, 6) is 0.361. The van der Waals surface area contributed by atoms with Crippen LogP contribution in [0.25, 0.3) is 0 Å². The second-order valence-corrected chi connectivity index (χ2v) is 9.47. The van der Waals surface area contributed by atoms with Gasteiger partial charge in [0.05, 0.1) is 22.6 Å². The number of aryl methyl sites for hydroxylation is 1. The zero-order valence-corrected chi connectivity index (χ0v) is 17.9. The van der Waals surface area contributed by atoms with Gasteiger partial charge in [0.1, 0.15) is 11.6 Å². The lowest BCUT2D eigenvalue weighted by atomic mass is 9.91. The van der Waals surface area contributed by atoms with Crippen LogP contribution in [0.2, 0.25) is 0 Å². The molecule has 10 nitrogen and oxygen atoms in total. The maximum atomic E-state index is 12.8. The van der Waals surface area contributed by atoms with Crippen molar-refractivity contribution in [3.05, 3.63) is 59.5 Å². The van der Waals surface area contributed by atoms with Crippen LogP contribution in [0, 0.1) is 0 Å². The van der Waals surface area contributed by atoms with Gasteiger partial charge in [-0.2, -0.15) is 5.10 Å². The Kier molecular flexibility index (Phi) is 5.15. The standard InChI is InChI=1S/C20H21N5O5S/c1-24(2)31(28,29)13-8-6-12(7-9-13)20(27)22-18-17-14(15-5-4-10-30-15)11-16(26)21-19(17)25(3)23-18/h4-10,14H,11H2,1-3H3,(H,21,26)(H,22,23,27)/t14-/m1/s1. The third-order valence-electron chi connectivity index (χ3n) is 5.09. The summed E-state index contributed by atoms with van der Waals surface area (Å²) in [6.07, 6.45) is 1.69. The number of nitrogens with one attached hydrogen (secondary N) is 2. The first-order valence-electron chi connectivity index (χ1n) is 9.42. The molecule has 162 valence electrons. The summed E-state index contributed by atoms with van der Waals surface area (Å²) in [5.41, 5.74) is 0.920. The van der Waals surface area contributed by atoms with Crippen LogP contribution < -0.4 is 10.6 Å². The van der Waals surface area contributed by atoms with Gasteiger partial charge in [-0.15, -0.1) is 0 Å². The quantitative estimate of drug-likeness (QED) is 0.621. The topological polar surface area (TPSA) is 127 Å². The van der Waals surface area contributed by atoms with Gasteiger partial charge in [0.2, 0.25) is 15.9 Å². The molecule has 0 spiro atoms. The number of hydrogen-bond donors (Lipinski definition) is 2. The summed E-state index contributed by atoms with van der Waals surface area (Å²) in [5, 5.41) is 9.91. The monoisotopic (exact) mass is 443 g/mol. The van der Waals surface area contributed by atoms with Crippen molar-refractivity contribution in [2.45, 2.75) is 17.2 Å². The summed E-state index contributed by atoms with van der Waals surface area (Å²) in [7, 11) is 0.955. The van der Waals surface area contributed by atoms with E-state index in [0.29, 0.717) is 23.0 Å². The fourth-order valence-electron chi connectivity index (χ4n) is 3.48. The number of aromatic nitrogens is 2. The maximum absolute atomic E-state index is 12.8.